The lowest BCUT2D eigenvalue weighted by molar-refractivity contribution is -0.139. The molecule has 98 valence electrons. The molecule has 0 aliphatic heterocycles. The SMILES string of the molecule is Cc1cc(C)cc(C(=O)NC(CCS)C(=O)O)c1. The highest BCUT2D eigenvalue weighted by atomic mass is 32.1. The molecule has 0 radical (unpaired) electrons. The maximum absolute atomic E-state index is 11.9. The van der Waals surface area contributed by atoms with E-state index in [1.54, 1.807) is 12.1 Å². The van der Waals surface area contributed by atoms with Crippen LogP contribution in [0.5, 0.6) is 0 Å². The lowest BCUT2D eigenvalue weighted by atomic mass is 10.1. The van der Waals surface area contributed by atoms with E-state index >= 15 is 0 Å². The van der Waals surface area contributed by atoms with Crippen LogP contribution in [-0.2, 0) is 4.79 Å². The molecule has 1 amide bonds. The molecule has 0 saturated carbocycles. The second kappa shape index (κ2) is 6.44. The van der Waals surface area contributed by atoms with Gasteiger partial charge in [0.2, 0.25) is 0 Å². The van der Waals surface area contributed by atoms with Crippen LogP contribution in [0, 0.1) is 13.8 Å². The maximum atomic E-state index is 11.9. The summed E-state index contributed by atoms with van der Waals surface area (Å²) >= 11 is 3.98. The van der Waals surface area contributed by atoms with Crippen LogP contribution in [0.15, 0.2) is 18.2 Å². The van der Waals surface area contributed by atoms with Crippen molar-refractivity contribution in [3.63, 3.8) is 0 Å². The summed E-state index contributed by atoms with van der Waals surface area (Å²) in [5.74, 6) is -0.998. The standard InChI is InChI=1S/C13H17NO3S/c1-8-5-9(2)7-10(6-8)12(15)14-11(3-4-18)13(16)17/h5-7,11,18H,3-4H2,1-2H3,(H,14,15)(H,16,17). The van der Waals surface area contributed by atoms with E-state index in [-0.39, 0.29) is 5.91 Å². The Hall–Kier alpha value is -1.49. The van der Waals surface area contributed by atoms with Crippen LogP contribution in [0.3, 0.4) is 0 Å². The van der Waals surface area contributed by atoms with Gasteiger partial charge in [-0.05, 0) is 38.2 Å². The van der Waals surface area contributed by atoms with Gasteiger partial charge in [0.1, 0.15) is 6.04 Å². The molecule has 0 aromatic heterocycles. The summed E-state index contributed by atoms with van der Waals surface area (Å²) in [5, 5.41) is 11.5. The number of amides is 1. The van der Waals surface area contributed by atoms with Crippen molar-refractivity contribution in [3.8, 4) is 0 Å². The fraction of sp³-hybridized carbons (Fsp3) is 0.385. The number of carboxylic acid groups (broad SMARTS) is 1. The number of carbonyl (C=O) groups is 2. The number of nitrogens with one attached hydrogen (secondary N) is 1. The molecule has 1 aromatic carbocycles. The Morgan fingerprint density at radius 1 is 1.28 bits per heavy atom. The topological polar surface area (TPSA) is 66.4 Å². The van der Waals surface area contributed by atoms with E-state index < -0.39 is 12.0 Å². The summed E-state index contributed by atoms with van der Waals surface area (Å²) in [5.41, 5.74) is 2.43. The van der Waals surface area contributed by atoms with Gasteiger partial charge < -0.3 is 10.4 Å². The van der Waals surface area contributed by atoms with Crippen molar-refractivity contribution in [1.82, 2.24) is 5.32 Å². The van der Waals surface area contributed by atoms with Gasteiger partial charge in [0.05, 0.1) is 0 Å². The fourth-order valence-corrected chi connectivity index (χ4v) is 1.99. The number of aryl methyl sites for hydroxylation is 2. The first kappa shape index (κ1) is 14.6. The molecule has 0 fully saturated rings. The molecule has 1 aromatic rings. The molecule has 0 bridgehead atoms. The molecular formula is C13H17NO3S. The van der Waals surface area contributed by atoms with Gasteiger partial charge in [0, 0.05) is 5.56 Å². The van der Waals surface area contributed by atoms with E-state index in [1.807, 2.05) is 19.9 Å². The molecular weight excluding hydrogens is 250 g/mol. The molecule has 5 heteroatoms. The largest absolute Gasteiger partial charge is 0.480 e. The zero-order chi connectivity index (χ0) is 13.7. The molecule has 18 heavy (non-hydrogen) atoms. The van der Waals surface area contributed by atoms with Crippen molar-refractivity contribution in [2.24, 2.45) is 0 Å². The number of aliphatic carboxylic acids is 1. The van der Waals surface area contributed by atoms with Crippen LogP contribution in [0.4, 0.5) is 0 Å². The summed E-state index contributed by atoms with van der Waals surface area (Å²) in [7, 11) is 0. The van der Waals surface area contributed by atoms with Gasteiger partial charge >= 0.3 is 5.97 Å². The smallest absolute Gasteiger partial charge is 0.326 e. The predicted octanol–water partition coefficient (Wildman–Crippen LogP) is 1.81. The third kappa shape index (κ3) is 4.07. The van der Waals surface area contributed by atoms with E-state index in [0.717, 1.165) is 11.1 Å². The van der Waals surface area contributed by atoms with E-state index in [9.17, 15) is 9.59 Å². The quantitative estimate of drug-likeness (QED) is 0.713. The molecule has 2 N–H and O–H groups in total. The number of hydrogen-bond donors (Lipinski definition) is 3. The Morgan fingerprint density at radius 3 is 2.28 bits per heavy atom. The first-order valence-electron chi connectivity index (χ1n) is 5.67. The van der Waals surface area contributed by atoms with E-state index in [0.29, 0.717) is 17.7 Å². The Labute approximate surface area is 112 Å². The average molecular weight is 267 g/mol. The first-order valence-corrected chi connectivity index (χ1v) is 6.30. The molecule has 0 spiro atoms. The Bertz CT molecular complexity index is 439. The summed E-state index contributed by atoms with van der Waals surface area (Å²) in [6, 6.07) is 4.54. The van der Waals surface area contributed by atoms with E-state index in [2.05, 4.69) is 17.9 Å². The van der Waals surface area contributed by atoms with Gasteiger partial charge in [0.15, 0.2) is 0 Å². The number of thiol groups is 1. The molecule has 1 unspecified atom stereocenters. The number of hydrogen-bond acceptors (Lipinski definition) is 3. The molecule has 4 nitrogen and oxygen atoms in total. The molecule has 1 atom stereocenters. The van der Waals surface area contributed by atoms with Crippen LogP contribution in [0.25, 0.3) is 0 Å². The molecule has 0 aliphatic carbocycles. The molecule has 0 aliphatic rings. The lowest BCUT2D eigenvalue weighted by Gasteiger charge is -2.13. The highest BCUT2D eigenvalue weighted by Crippen LogP contribution is 2.09. The average Bonchev–Trinajstić information content (AvgIpc) is 2.26. The van der Waals surface area contributed by atoms with Crippen LogP contribution < -0.4 is 5.32 Å². The van der Waals surface area contributed by atoms with Crippen molar-refractivity contribution in [3.05, 3.63) is 34.9 Å². The Kier molecular flexibility index (Phi) is 5.22. The van der Waals surface area contributed by atoms with Crippen molar-refractivity contribution in [2.45, 2.75) is 26.3 Å². The number of benzene rings is 1. The monoisotopic (exact) mass is 267 g/mol. The van der Waals surface area contributed by atoms with E-state index in [1.165, 1.54) is 0 Å². The van der Waals surface area contributed by atoms with Crippen LogP contribution in [-0.4, -0.2) is 28.8 Å². The minimum atomic E-state index is -1.04. The third-order valence-electron chi connectivity index (χ3n) is 2.51. The third-order valence-corrected chi connectivity index (χ3v) is 2.76. The number of rotatable bonds is 5. The highest BCUT2D eigenvalue weighted by Gasteiger charge is 2.19. The first-order chi connectivity index (χ1) is 8.43. The van der Waals surface area contributed by atoms with Crippen LogP contribution >= 0.6 is 12.6 Å². The van der Waals surface area contributed by atoms with Crippen molar-refractivity contribution in [1.29, 1.82) is 0 Å². The summed E-state index contributed by atoms with van der Waals surface area (Å²) in [4.78, 5) is 22.9. The van der Waals surface area contributed by atoms with E-state index in [4.69, 9.17) is 5.11 Å². The van der Waals surface area contributed by atoms with Gasteiger partial charge in [-0.15, -0.1) is 0 Å². The number of carboxylic acids is 1. The lowest BCUT2D eigenvalue weighted by Crippen LogP contribution is -2.41. The van der Waals surface area contributed by atoms with Crippen LogP contribution in [0.1, 0.15) is 27.9 Å². The van der Waals surface area contributed by atoms with Crippen LogP contribution in [0.2, 0.25) is 0 Å². The molecule has 0 saturated heterocycles. The second-order valence-electron chi connectivity index (χ2n) is 4.25. The minimum absolute atomic E-state index is 0.301. The fourth-order valence-electron chi connectivity index (χ4n) is 1.73. The van der Waals surface area contributed by atoms with Crippen molar-refractivity contribution >= 4 is 24.5 Å². The molecule has 0 heterocycles. The van der Waals surface area contributed by atoms with Gasteiger partial charge in [-0.25, -0.2) is 4.79 Å². The van der Waals surface area contributed by atoms with Gasteiger partial charge in [-0.1, -0.05) is 17.2 Å². The van der Waals surface area contributed by atoms with Gasteiger partial charge in [0.25, 0.3) is 5.91 Å². The van der Waals surface area contributed by atoms with Gasteiger partial charge in [-0.2, -0.15) is 12.6 Å². The highest BCUT2D eigenvalue weighted by molar-refractivity contribution is 7.80. The Balaban J connectivity index is 2.83. The minimum Gasteiger partial charge on any atom is -0.480 e. The summed E-state index contributed by atoms with van der Waals surface area (Å²) in [6.07, 6.45) is 0.301. The summed E-state index contributed by atoms with van der Waals surface area (Å²) < 4.78 is 0. The second-order valence-corrected chi connectivity index (χ2v) is 4.70. The maximum Gasteiger partial charge on any atom is 0.326 e. The molecule has 1 rings (SSSR count). The Morgan fingerprint density at radius 2 is 1.83 bits per heavy atom. The number of carbonyl (C=O) groups excluding carboxylic acids is 1. The predicted molar refractivity (Wildman–Crippen MR) is 73.3 cm³/mol. The van der Waals surface area contributed by atoms with Crippen molar-refractivity contribution < 1.29 is 14.7 Å². The zero-order valence-corrected chi connectivity index (χ0v) is 11.3. The van der Waals surface area contributed by atoms with Gasteiger partial charge in [-0.3, -0.25) is 4.79 Å². The zero-order valence-electron chi connectivity index (χ0n) is 10.4. The summed E-state index contributed by atoms with van der Waals surface area (Å²) in [6.45, 7) is 3.79. The van der Waals surface area contributed by atoms with Crippen molar-refractivity contribution in [2.75, 3.05) is 5.75 Å². The normalized spacial score (nSPS) is 11.9.